The van der Waals surface area contributed by atoms with Gasteiger partial charge in [0.2, 0.25) is 23.3 Å². The summed E-state index contributed by atoms with van der Waals surface area (Å²) in [4.78, 5) is 19.7. The minimum atomic E-state index is -0.384. The first-order valence-electron chi connectivity index (χ1n) is 6.34. The van der Waals surface area contributed by atoms with E-state index >= 15 is 0 Å². The summed E-state index contributed by atoms with van der Waals surface area (Å²) in [7, 11) is 1.61. The summed E-state index contributed by atoms with van der Waals surface area (Å²) in [6.07, 6.45) is 1.27. The zero-order valence-corrected chi connectivity index (χ0v) is 12.3. The molecule has 0 aliphatic heterocycles. The first kappa shape index (κ1) is 14.2. The van der Waals surface area contributed by atoms with Gasteiger partial charge in [-0.2, -0.15) is 9.97 Å². The Morgan fingerprint density at radius 2 is 2.14 bits per heavy atom. The summed E-state index contributed by atoms with van der Waals surface area (Å²) in [5.74, 6) is 0.170. The van der Waals surface area contributed by atoms with Crippen molar-refractivity contribution in [3.05, 3.63) is 47.3 Å². The Balaban J connectivity index is 1.63. The Morgan fingerprint density at radius 1 is 1.36 bits per heavy atom. The molecule has 0 atom stereocenters. The third kappa shape index (κ3) is 2.96. The zero-order chi connectivity index (χ0) is 15.5. The minimum absolute atomic E-state index is 0.0379. The van der Waals surface area contributed by atoms with Crippen LogP contribution < -0.4 is 5.32 Å². The number of carbonyl (C=O) groups excluding carboxylic acids is 1. The second-order valence-corrected chi connectivity index (χ2v) is 4.80. The van der Waals surface area contributed by atoms with Crippen molar-refractivity contribution < 1.29 is 9.32 Å². The number of halogens is 1. The fourth-order valence-corrected chi connectivity index (χ4v) is 1.91. The molecular weight excluding hydrogens is 308 g/mol. The van der Waals surface area contributed by atoms with Gasteiger partial charge in [-0.05, 0) is 17.2 Å². The topological polar surface area (TPSA) is 98.7 Å². The molecule has 8 nitrogen and oxygen atoms in total. The minimum Gasteiger partial charge on any atom is -0.345 e. The Kier molecular flexibility index (Phi) is 3.84. The van der Waals surface area contributed by atoms with E-state index in [0.717, 1.165) is 11.1 Å². The molecule has 1 N–H and O–H groups in total. The maximum Gasteiger partial charge on any atom is 0.291 e. The summed E-state index contributed by atoms with van der Waals surface area (Å²) >= 11 is 5.75. The van der Waals surface area contributed by atoms with Gasteiger partial charge in [-0.1, -0.05) is 29.4 Å². The van der Waals surface area contributed by atoms with E-state index in [0.29, 0.717) is 12.4 Å². The Labute approximate surface area is 130 Å². The fraction of sp³-hybridized carbons (Fsp3) is 0.154. The van der Waals surface area contributed by atoms with E-state index < -0.39 is 0 Å². The molecular formula is C13H11ClN6O2. The van der Waals surface area contributed by atoms with E-state index in [2.05, 4.69) is 25.5 Å². The third-order valence-electron chi connectivity index (χ3n) is 2.94. The van der Waals surface area contributed by atoms with Crippen LogP contribution in [0.15, 0.2) is 35.2 Å². The van der Waals surface area contributed by atoms with Crippen LogP contribution in [0.4, 0.5) is 0 Å². The number of nitrogens with one attached hydrogen (secondary N) is 1. The number of amides is 1. The smallest absolute Gasteiger partial charge is 0.291 e. The average Bonchev–Trinajstić information content (AvgIpc) is 3.16. The van der Waals surface area contributed by atoms with Crippen LogP contribution in [0.5, 0.6) is 0 Å². The normalized spacial score (nSPS) is 10.6. The average molecular weight is 319 g/mol. The van der Waals surface area contributed by atoms with Gasteiger partial charge in [0.25, 0.3) is 5.91 Å². The van der Waals surface area contributed by atoms with Gasteiger partial charge in [0.05, 0.1) is 0 Å². The number of rotatable bonds is 4. The van der Waals surface area contributed by atoms with Crippen molar-refractivity contribution >= 4 is 17.5 Å². The molecule has 2 aromatic heterocycles. The van der Waals surface area contributed by atoms with Crippen LogP contribution in [0.2, 0.25) is 5.28 Å². The predicted molar refractivity (Wildman–Crippen MR) is 76.9 cm³/mol. The van der Waals surface area contributed by atoms with E-state index in [1.807, 2.05) is 24.3 Å². The van der Waals surface area contributed by atoms with E-state index in [4.69, 9.17) is 16.1 Å². The number of hydrogen-bond donors (Lipinski definition) is 1. The molecule has 0 fully saturated rings. The first-order valence-corrected chi connectivity index (χ1v) is 6.71. The van der Waals surface area contributed by atoms with E-state index in [9.17, 15) is 4.79 Å². The van der Waals surface area contributed by atoms with Gasteiger partial charge in [0.1, 0.15) is 0 Å². The SMILES string of the molecule is Cn1nc(C(=O)NCc2ccc(-c3ncon3)cc2)nc1Cl. The monoisotopic (exact) mass is 318 g/mol. The lowest BCUT2D eigenvalue weighted by molar-refractivity contribution is 0.0940. The predicted octanol–water partition coefficient (Wildman–Crippen LogP) is 1.45. The molecule has 112 valence electrons. The van der Waals surface area contributed by atoms with Crippen LogP contribution >= 0.6 is 11.6 Å². The van der Waals surface area contributed by atoms with Gasteiger partial charge >= 0.3 is 0 Å². The van der Waals surface area contributed by atoms with Crippen molar-refractivity contribution in [2.75, 3.05) is 0 Å². The molecule has 0 bridgehead atoms. The summed E-state index contributed by atoms with van der Waals surface area (Å²) < 4.78 is 6.02. The zero-order valence-electron chi connectivity index (χ0n) is 11.5. The molecule has 0 radical (unpaired) electrons. The van der Waals surface area contributed by atoms with Gasteiger partial charge in [-0.3, -0.25) is 4.79 Å². The molecule has 1 amide bonds. The highest BCUT2D eigenvalue weighted by Crippen LogP contribution is 2.15. The molecule has 0 spiro atoms. The molecule has 1 aromatic carbocycles. The fourth-order valence-electron chi connectivity index (χ4n) is 1.79. The number of aromatic nitrogens is 5. The second kappa shape index (κ2) is 5.94. The van der Waals surface area contributed by atoms with E-state index in [1.165, 1.54) is 11.1 Å². The number of aryl methyl sites for hydroxylation is 1. The lowest BCUT2D eigenvalue weighted by Crippen LogP contribution is -2.24. The Hall–Kier alpha value is -2.74. The summed E-state index contributed by atoms with van der Waals surface area (Å²) in [6, 6.07) is 7.43. The molecule has 2 heterocycles. The van der Waals surface area contributed by atoms with E-state index in [1.54, 1.807) is 7.05 Å². The van der Waals surface area contributed by atoms with Gasteiger partial charge in [-0.25, -0.2) is 4.68 Å². The van der Waals surface area contributed by atoms with Gasteiger partial charge in [0.15, 0.2) is 0 Å². The van der Waals surface area contributed by atoms with Crippen molar-refractivity contribution in [1.29, 1.82) is 0 Å². The molecule has 0 saturated carbocycles. The van der Waals surface area contributed by atoms with Crippen LogP contribution in [0, 0.1) is 0 Å². The third-order valence-corrected chi connectivity index (χ3v) is 3.27. The highest BCUT2D eigenvalue weighted by Gasteiger charge is 2.13. The quantitative estimate of drug-likeness (QED) is 0.781. The molecule has 0 saturated heterocycles. The Morgan fingerprint density at radius 3 is 2.73 bits per heavy atom. The van der Waals surface area contributed by atoms with Crippen LogP contribution in [-0.4, -0.2) is 30.8 Å². The van der Waals surface area contributed by atoms with Gasteiger partial charge in [0, 0.05) is 19.2 Å². The number of benzene rings is 1. The molecule has 3 rings (SSSR count). The molecule has 3 aromatic rings. The molecule has 22 heavy (non-hydrogen) atoms. The standard InChI is InChI=1S/C13H11ClN6O2/c1-20-13(14)17-11(18-20)12(21)15-6-8-2-4-9(5-3-8)10-16-7-22-19-10/h2-5,7H,6H2,1H3,(H,15,21). The Bertz CT molecular complexity index is 762. The van der Waals surface area contributed by atoms with Crippen LogP contribution in [0.1, 0.15) is 16.2 Å². The van der Waals surface area contributed by atoms with Crippen molar-refractivity contribution in [3.8, 4) is 11.4 Å². The van der Waals surface area contributed by atoms with Gasteiger partial charge < -0.3 is 9.84 Å². The largest absolute Gasteiger partial charge is 0.345 e. The lowest BCUT2D eigenvalue weighted by Gasteiger charge is -2.03. The lowest BCUT2D eigenvalue weighted by atomic mass is 10.1. The second-order valence-electron chi connectivity index (χ2n) is 4.46. The number of carbonyl (C=O) groups is 1. The summed E-state index contributed by atoms with van der Waals surface area (Å²) in [5.41, 5.74) is 1.75. The molecule has 0 aliphatic carbocycles. The van der Waals surface area contributed by atoms with Crippen molar-refractivity contribution in [1.82, 2.24) is 30.2 Å². The first-order chi connectivity index (χ1) is 10.6. The van der Waals surface area contributed by atoms with Crippen molar-refractivity contribution in [2.45, 2.75) is 6.54 Å². The maximum absolute atomic E-state index is 11.9. The molecule has 0 unspecified atom stereocenters. The maximum atomic E-state index is 11.9. The van der Waals surface area contributed by atoms with Crippen molar-refractivity contribution in [2.24, 2.45) is 7.05 Å². The molecule has 9 heteroatoms. The molecule has 0 aliphatic rings. The number of hydrogen-bond acceptors (Lipinski definition) is 6. The van der Waals surface area contributed by atoms with Crippen LogP contribution in [0.3, 0.4) is 0 Å². The highest BCUT2D eigenvalue weighted by molar-refractivity contribution is 6.28. The van der Waals surface area contributed by atoms with Crippen LogP contribution in [-0.2, 0) is 13.6 Å². The van der Waals surface area contributed by atoms with Crippen LogP contribution in [0.25, 0.3) is 11.4 Å². The van der Waals surface area contributed by atoms with Crippen molar-refractivity contribution in [3.63, 3.8) is 0 Å². The van der Waals surface area contributed by atoms with E-state index in [-0.39, 0.29) is 17.0 Å². The summed E-state index contributed by atoms with van der Waals surface area (Å²) in [6.45, 7) is 0.348. The number of nitrogens with zero attached hydrogens (tertiary/aromatic N) is 5. The highest BCUT2D eigenvalue weighted by atomic mass is 35.5. The van der Waals surface area contributed by atoms with Gasteiger partial charge in [-0.15, -0.1) is 5.10 Å². The summed E-state index contributed by atoms with van der Waals surface area (Å²) in [5, 5.41) is 10.5.